The summed E-state index contributed by atoms with van der Waals surface area (Å²) in [5.41, 5.74) is 1.15. The second kappa shape index (κ2) is 5.66. The van der Waals surface area contributed by atoms with Gasteiger partial charge >= 0.3 is 0 Å². The fraction of sp³-hybridized carbons (Fsp3) is 0.211. The Bertz CT molecular complexity index is 733. The van der Waals surface area contributed by atoms with Crippen molar-refractivity contribution >= 4 is 10.8 Å². The zero-order chi connectivity index (χ0) is 14.7. The maximum atomic E-state index is 11.2. The van der Waals surface area contributed by atoms with E-state index in [0.29, 0.717) is 12.8 Å². The van der Waals surface area contributed by atoms with Crippen LogP contribution < -0.4 is 0 Å². The molecule has 0 amide bonds. The minimum atomic E-state index is -0.894. The van der Waals surface area contributed by atoms with Gasteiger partial charge < -0.3 is 5.11 Å². The van der Waals surface area contributed by atoms with E-state index in [9.17, 15) is 5.11 Å². The van der Waals surface area contributed by atoms with E-state index in [2.05, 4.69) is 23.2 Å². The normalized spacial score (nSPS) is 14.0. The summed E-state index contributed by atoms with van der Waals surface area (Å²) in [6, 6.07) is 18.2. The number of rotatable bonds is 4. The third kappa shape index (κ3) is 2.67. The zero-order valence-corrected chi connectivity index (χ0v) is 12.2. The highest BCUT2D eigenvalue weighted by Crippen LogP contribution is 2.33. The Hall–Kier alpha value is -2.19. The molecule has 0 saturated heterocycles. The molecule has 21 heavy (non-hydrogen) atoms. The third-order valence-corrected chi connectivity index (χ3v) is 4.09. The van der Waals surface area contributed by atoms with Crippen molar-refractivity contribution in [2.75, 3.05) is 0 Å². The van der Waals surface area contributed by atoms with E-state index in [1.165, 1.54) is 0 Å². The van der Waals surface area contributed by atoms with E-state index in [-0.39, 0.29) is 0 Å². The lowest BCUT2D eigenvalue weighted by molar-refractivity contribution is 0.0339. The first-order valence-corrected chi connectivity index (χ1v) is 7.32. The lowest BCUT2D eigenvalue weighted by atomic mass is 9.83. The molecule has 3 rings (SSSR count). The Morgan fingerprint density at radius 1 is 0.952 bits per heavy atom. The van der Waals surface area contributed by atoms with Gasteiger partial charge in [0.15, 0.2) is 0 Å². The van der Waals surface area contributed by atoms with Crippen LogP contribution in [0.3, 0.4) is 0 Å². The molecule has 3 aromatic rings. The summed E-state index contributed by atoms with van der Waals surface area (Å²) in [4.78, 5) is 4.31. The van der Waals surface area contributed by atoms with Crippen molar-refractivity contribution in [3.05, 3.63) is 78.1 Å². The first-order valence-electron chi connectivity index (χ1n) is 7.32. The van der Waals surface area contributed by atoms with Gasteiger partial charge in [-0.25, -0.2) is 0 Å². The molecular formula is C19H19NO. The topological polar surface area (TPSA) is 33.1 Å². The van der Waals surface area contributed by atoms with Crippen LogP contribution in [0.15, 0.2) is 67.0 Å². The molecule has 1 unspecified atom stereocenters. The minimum Gasteiger partial charge on any atom is -0.385 e. The summed E-state index contributed by atoms with van der Waals surface area (Å²) in [6.07, 6.45) is 4.89. The summed E-state index contributed by atoms with van der Waals surface area (Å²) in [7, 11) is 0. The number of benzene rings is 2. The first-order chi connectivity index (χ1) is 10.2. The highest BCUT2D eigenvalue weighted by molar-refractivity contribution is 5.85. The molecule has 0 saturated carbocycles. The van der Waals surface area contributed by atoms with Gasteiger partial charge in [0.1, 0.15) is 0 Å². The van der Waals surface area contributed by atoms with Gasteiger partial charge in [-0.15, -0.1) is 0 Å². The number of pyridine rings is 1. The molecule has 2 heteroatoms. The summed E-state index contributed by atoms with van der Waals surface area (Å²) < 4.78 is 0. The van der Waals surface area contributed by atoms with Crippen LogP contribution >= 0.6 is 0 Å². The lowest BCUT2D eigenvalue weighted by Crippen LogP contribution is -2.28. The molecule has 2 aromatic carbocycles. The molecule has 2 nitrogen and oxygen atoms in total. The van der Waals surface area contributed by atoms with Crippen LogP contribution in [0, 0.1) is 0 Å². The summed E-state index contributed by atoms with van der Waals surface area (Å²) in [6.45, 7) is 2.02. The Morgan fingerprint density at radius 3 is 2.43 bits per heavy atom. The second-order valence-electron chi connectivity index (χ2n) is 5.46. The molecule has 106 valence electrons. The van der Waals surface area contributed by atoms with Crippen LogP contribution in [0.2, 0.25) is 0 Å². The van der Waals surface area contributed by atoms with Crippen molar-refractivity contribution in [2.24, 2.45) is 0 Å². The van der Waals surface area contributed by atoms with Crippen LogP contribution in [-0.4, -0.2) is 10.1 Å². The average molecular weight is 277 g/mol. The van der Waals surface area contributed by atoms with Gasteiger partial charge in [0, 0.05) is 29.8 Å². The molecule has 0 radical (unpaired) electrons. The Labute approximate surface area is 125 Å². The van der Waals surface area contributed by atoms with Gasteiger partial charge in [0.2, 0.25) is 0 Å². The second-order valence-corrected chi connectivity index (χ2v) is 5.46. The molecule has 0 bridgehead atoms. The Kier molecular flexibility index (Phi) is 3.72. The van der Waals surface area contributed by atoms with E-state index in [1.54, 1.807) is 6.20 Å². The van der Waals surface area contributed by atoms with Crippen molar-refractivity contribution < 1.29 is 5.11 Å². The van der Waals surface area contributed by atoms with E-state index >= 15 is 0 Å². The average Bonchev–Trinajstić information content (AvgIpc) is 2.55. The van der Waals surface area contributed by atoms with E-state index < -0.39 is 5.60 Å². The standard InChI is InChI=1S/C19H19NO/c1-2-19(21,12-15-8-4-3-5-9-15)18-14-20-13-16-10-6-7-11-17(16)18/h3-11,13-14,21H,2,12H2,1H3. The molecule has 1 atom stereocenters. The predicted molar refractivity (Wildman–Crippen MR) is 86.1 cm³/mol. The number of aromatic nitrogens is 1. The maximum absolute atomic E-state index is 11.2. The highest BCUT2D eigenvalue weighted by Gasteiger charge is 2.29. The van der Waals surface area contributed by atoms with Gasteiger partial charge in [0.25, 0.3) is 0 Å². The van der Waals surface area contributed by atoms with Crippen molar-refractivity contribution in [3.63, 3.8) is 0 Å². The maximum Gasteiger partial charge on any atom is 0.0954 e. The van der Waals surface area contributed by atoms with E-state index in [1.807, 2.05) is 49.5 Å². The van der Waals surface area contributed by atoms with Crippen LogP contribution in [0.25, 0.3) is 10.8 Å². The van der Waals surface area contributed by atoms with Crippen molar-refractivity contribution in [3.8, 4) is 0 Å². The summed E-state index contributed by atoms with van der Waals surface area (Å²) >= 11 is 0. The van der Waals surface area contributed by atoms with Crippen LogP contribution in [0.4, 0.5) is 0 Å². The number of nitrogens with zero attached hydrogens (tertiary/aromatic N) is 1. The SMILES string of the molecule is CCC(O)(Cc1ccccc1)c1cncc2ccccc12. The summed E-state index contributed by atoms with van der Waals surface area (Å²) in [5.74, 6) is 0. The molecule has 0 aliphatic rings. The molecule has 1 N–H and O–H groups in total. The summed E-state index contributed by atoms with van der Waals surface area (Å²) in [5, 5.41) is 13.3. The third-order valence-electron chi connectivity index (χ3n) is 4.09. The van der Waals surface area contributed by atoms with Crippen LogP contribution in [-0.2, 0) is 12.0 Å². The first kappa shape index (κ1) is 13.8. The zero-order valence-electron chi connectivity index (χ0n) is 12.2. The molecule has 1 heterocycles. The molecule has 0 spiro atoms. The lowest BCUT2D eigenvalue weighted by Gasteiger charge is -2.28. The van der Waals surface area contributed by atoms with Gasteiger partial charge in [-0.05, 0) is 17.4 Å². The number of fused-ring (bicyclic) bond motifs is 1. The Morgan fingerprint density at radius 2 is 1.67 bits per heavy atom. The highest BCUT2D eigenvalue weighted by atomic mass is 16.3. The molecular weight excluding hydrogens is 258 g/mol. The van der Waals surface area contributed by atoms with Crippen molar-refractivity contribution in [2.45, 2.75) is 25.4 Å². The van der Waals surface area contributed by atoms with Crippen LogP contribution in [0.1, 0.15) is 24.5 Å². The Balaban J connectivity index is 2.09. The van der Waals surface area contributed by atoms with E-state index in [0.717, 1.165) is 21.9 Å². The number of aliphatic hydroxyl groups is 1. The number of hydrogen-bond acceptors (Lipinski definition) is 2. The fourth-order valence-electron chi connectivity index (χ4n) is 2.83. The van der Waals surface area contributed by atoms with Gasteiger partial charge in [0.05, 0.1) is 5.60 Å². The van der Waals surface area contributed by atoms with Gasteiger partial charge in [-0.3, -0.25) is 4.98 Å². The quantitative estimate of drug-likeness (QED) is 0.779. The fourth-order valence-corrected chi connectivity index (χ4v) is 2.83. The van der Waals surface area contributed by atoms with E-state index in [4.69, 9.17) is 0 Å². The molecule has 0 fully saturated rings. The minimum absolute atomic E-state index is 0.597. The van der Waals surface area contributed by atoms with Crippen molar-refractivity contribution in [1.29, 1.82) is 0 Å². The largest absolute Gasteiger partial charge is 0.385 e. The van der Waals surface area contributed by atoms with Gasteiger partial charge in [-0.1, -0.05) is 61.5 Å². The smallest absolute Gasteiger partial charge is 0.0954 e. The van der Waals surface area contributed by atoms with Crippen molar-refractivity contribution in [1.82, 2.24) is 4.98 Å². The number of hydrogen-bond donors (Lipinski definition) is 1. The van der Waals surface area contributed by atoms with Gasteiger partial charge in [-0.2, -0.15) is 0 Å². The van der Waals surface area contributed by atoms with Crippen LogP contribution in [0.5, 0.6) is 0 Å². The monoisotopic (exact) mass is 277 g/mol. The molecule has 0 aliphatic carbocycles. The predicted octanol–water partition coefficient (Wildman–Crippen LogP) is 4.08. The molecule has 1 aromatic heterocycles. The molecule has 0 aliphatic heterocycles.